The molecule has 2 aromatic heterocycles. The Morgan fingerprint density at radius 3 is 2.77 bits per heavy atom. The maximum Gasteiger partial charge on any atom is 0.360 e. The molecule has 116 valence electrons. The van der Waals surface area contributed by atoms with Crippen molar-refractivity contribution in [2.45, 2.75) is 26.7 Å². The number of ether oxygens (including phenoxy) is 1. The van der Waals surface area contributed by atoms with Crippen molar-refractivity contribution in [2.75, 3.05) is 6.61 Å². The highest BCUT2D eigenvalue weighted by molar-refractivity contribution is 6.05. The fourth-order valence-electron chi connectivity index (χ4n) is 1.58. The first-order valence-corrected chi connectivity index (χ1v) is 6.83. The number of allylic oxidation sites excluding steroid dienone is 1. The normalized spacial score (nSPS) is 11.3. The predicted octanol–water partition coefficient (Wildman–Crippen LogP) is 2.86. The van der Waals surface area contributed by atoms with E-state index in [2.05, 4.69) is 10.1 Å². The summed E-state index contributed by atoms with van der Waals surface area (Å²) in [6.45, 7) is 5.78. The number of hydrogen-bond donors (Lipinski definition) is 0. The molecule has 0 fully saturated rings. The van der Waals surface area contributed by atoms with E-state index >= 15 is 0 Å². The lowest BCUT2D eigenvalue weighted by Crippen LogP contribution is -2.04. The van der Waals surface area contributed by atoms with Gasteiger partial charge in [0.2, 0.25) is 5.78 Å². The van der Waals surface area contributed by atoms with E-state index < -0.39 is 5.97 Å². The molecule has 0 aliphatic carbocycles. The van der Waals surface area contributed by atoms with Crippen LogP contribution < -0.4 is 0 Å². The van der Waals surface area contributed by atoms with Crippen LogP contribution in [0.5, 0.6) is 0 Å². The molecule has 0 unspecified atom stereocenters. The van der Waals surface area contributed by atoms with Gasteiger partial charge in [-0.05, 0) is 19.1 Å². The standard InChI is InChI=1S/C15H16N2O5/c1-4-20-15(19)11-7-10(22-17-11)5-6-13(18)12-8-21-14(16-12)9(2)3/h5-9H,4H2,1-3H3. The molecular formula is C15H16N2O5. The summed E-state index contributed by atoms with van der Waals surface area (Å²) in [6, 6.07) is 1.39. The Labute approximate surface area is 126 Å². The average Bonchev–Trinajstić information content (AvgIpc) is 3.14. The summed E-state index contributed by atoms with van der Waals surface area (Å²) in [4.78, 5) is 27.5. The van der Waals surface area contributed by atoms with Gasteiger partial charge in [-0.1, -0.05) is 19.0 Å². The van der Waals surface area contributed by atoms with Crippen molar-refractivity contribution < 1.29 is 23.3 Å². The molecule has 0 amide bonds. The minimum absolute atomic E-state index is 0.0532. The van der Waals surface area contributed by atoms with Crippen LogP contribution in [-0.4, -0.2) is 28.5 Å². The summed E-state index contributed by atoms with van der Waals surface area (Å²) < 4.78 is 14.9. The molecule has 7 nitrogen and oxygen atoms in total. The van der Waals surface area contributed by atoms with Crippen LogP contribution in [0.2, 0.25) is 0 Å². The topological polar surface area (TPSA) is 95.4 Å². The molecule has 0 aliphatic heterocycles. The summed E-state index contributed by atoms with van der Waals surface area (Å²) in [7, 11) is 0. The molecule has 2 rings (SSSR count). The molecule has 0 saturated carbocycles. The largest absolute Gasteiger partial charge is 0.461 e. The van der Waals surface area contributed by atoms with E-state index in [1.807, 2.05) is 13.8 Å². The van der Waals surface area contributed by atoms with Crippen LogP contribution >= 0.6 is 0 Å². The van der Waals surface area contributed by atoms with Gasteiger partial charge in [-0.25, -0.2) is 9.78 Å². The number of nitrogens with zero attached hydrogens (tertiary/aromatic N) is 2. The minimum atomic E-state index is -0.574. The number of esters is 1. The van der Waals surface area contributed by atoms with Gasteiger partial charge in [0.15, 0.2) is 17.3 Å². The lowest BCUT2D eigenvalue weighted by molar-refractivity contribution is 0.0514. The molecule has 0 bridgehead atoms. The van der Waals surface area contributed by atoms with Crippen molar-refractivity contribution in [2.24, 2.45) is 0 Å². The van der Waals surface area contributed by atoms with Crippen molar-refractivity contribution in [1.29, 1.82) is 0 Å². The van der Waals surface area contributed by atoms with Crippen LogP contribution in [0.3, 0.4) is 0 Å². The fraction of sp³-hybridized carbons (Fsp3) is 0.333. The fourth-order valence-corrected chi connectivity index (χ4v) is 1.58. The molecule has 0 radical (unpaired) electrons. The van der Waals surface area contributed by atoms with Crippen molar-refractivity contribution in [3.8, 4) is 0 Å². The molecule has 0 aliphatic rings. The highest BCUT2D eigenvalue weighted by Gasteiger charge is 2.14. The van der Waals surface area contributed by atoms with E-state index in [4.69, 9.17) is 13.7 Å². The molecule has 2 aromatic rings. The van der Waals surface area contributed by atoms with E-state index in [9.17, 15) is 9.59 Å². The van der Waals surface area contributed by atoms with Gasteiger partial charge in [0, 0.05) is 12.0 Å². The third-order valence-corrected chi connectivity index (χ3v) is 2.68. The number of hydrogen-bond acceptors (Lipinski definition) is 7. The van der Waals surface area contributed by atoms with Gasteiger partial charge in [0.1, 0.15) is 12.0 Å². The van der Waals surface area contributed by atoms with Crippen molar-refractivity contribution >= 4 is 17.8 Å². The van der Waals surface area contributed by atoms with Crippen molar-refractivity contribution in [3.63, 3.8) is 0 Å². The number of carbonyl (C=O) groups is 2. The summed E-state index contributed by atoms with van der Waals surface area (Å²) in [5.41, 5.74) is 0.266. The number of ketones is 1. The number of carbonyl (C=O) groups excluding carboxylic acids is 2. The highest BCUT2D eigenvalue weighted by atomic mass is 16.5. The highest BCUT2D eigenvalue weighted by Crippen LogP contribution is 2.14. The molecule has 0 aromatic carbocycles. The van der Waals surface area contributed by atoms with Crippen LogP contribution in [0.1, 0.15) is 59.3 Å². The van der Waals surface area contributed by atoms with Gasteiger partial charge >= 0.3 is 5.97 Å². The zero-order valence-electron chi connectivity index (χ0n) is 12.5. The van der Waals surface area contributed by atoms with E-state index in [-0.39, 0.29) is 35.5 Å². The second-order valence-corrected chi connectivity index (χ2v) is 4.76. The van der Waals surface area contributed by atoms with Crippen LogP contribution in [0.4, 0.5) is 0 Å². The Balaban J connectivity index is 2.04. The Kier molecular flexibility index (Phi) is 4.88. The molecule has 7 heteroatoms. The monoisotopic (exact) mass is 304 g/mol. The predicted molar refractivity (Wildman–Crippen MR) is 76.4 cm³/mol. The molecule has 2 heterocycles. The first-order chi connectivity index (χ1) is 10.5. The molecule has 22 heavy (non-hydrogen) atoms. The Morgan fingerprint density at radius 2 is 2.14 bits per heavy atom. The van der Waals surface area contributed by atoms with Crippen LogP contribution in [0.15, 0.2) is 27.3 Å². The Hall–Kier alpha value is -2.70. The van der Waals surface area contributed by atoms with Gasteiger partial charge in [0.05, 0.1) is 6.61 Å². The van der Waals surface area contributed by atoms with Crippen molar-refractivity contribution in [1.82, 2.24) is 10.1 Å². The summed E-state index contributed by atoms with van der Waals surface area (Å²) >= 11 is 0. The van der Waals surface area contributed by atoms with E-state index in [1.165, 1.54) is 24.5 Å². The van der Waals surface area contributed by atoms with Crippen LogP contribution in [-0.2, 0) is 4.74 Å². The van der Waals surface area contributed by atoms with Crippen LogP contribution in [0.25, 0.3) is 6.08 Å². The quantitative estimate of drug-likeness (QED) is 0.460. The lowest BCUT2D eigenvalue weighted by atomic mass is 10.2. The molecule has 0 spiro atoms. The van der Waals surface area contributed by atoms with Crippen molar-refractivity contribution in [3.05, 3.63) is 41.4 Å². The van der Waals surface area contributed by atoms with Gasteiger partial charge < -0.3 is 13.7 Å². The molecular weight excluding hydrogens is 288 g/mol. The smallest absolute Gasteiger partial charge is 0.360 e. The first kappa shape index (κ1) is 15.7. The van der Waals surface area contributed by atoms with E-state index in [0.717, 1.165) is 0 Å². The van der Waals surface area contributed by atoms with Gasteiger partial charge in [-0.2, -0.15) is 0 Å². The van der Waals surface area contributed by atoms with E-state index in [1.54, 1.807) is 6.92 Å². The van der Waals surface area contributed by atoms with Gasteiger partial charge in [0.25, 0.3) is 0 Å². The molecule has 0 N–H and O–H groups in total. The zero-order valence-corrected chi connectivity index (χ0v) is 12.5. The third-order valence-electron chi connectivity index (χ3n) is 2.68. The summed E-state index contributed by atoms with van der Waals surface area (Å²) in [6.07, 6.45) is 3.99. The number of rotatable bonds is 6. The van der Waals surface area contributed by atoms with E-state index in [0.29, 0.717) is 5.89 Å². The molecule has 0 saturated heterocycles. The summed E-state index contributed by atoms with van der Waals surface area (Å²) in [5, 5.41) is 3.57. The average molecular weight is 304 g/mol. The summed E-state index contributed by atoms with van der Waals surface area (Å²) in [5.74, 6) is -0.0306. The Morgan fingerprint density at radius 1 is 1.36 bits per heavy atom. The second kappa shape index (κ2) is 6.84. The maximum absolute atomic E-state index is 11.9. The number of aromatic nitrogens is 2. The second-order valence-electron chi connectivity index (χ2n) is 4.76. The third kappa shape index (κ3) is 3.69. The van der Waals surface area contributed by atoms with Gasteiger partial charge in [-0.3, -0.25) is 4.79 Å². The molecule has 0 atom stereocenters. The Bertz CT molecular complexity index is 696. The maximum atomic E-state index is 11.9. The van der Waals surface area contributed by atoms with Crippen LogP contribution in [0, 0.1) is 0 Å². The first-order valence-electron chi connectivity index (χ1n) is 6.83. The van der Waals surface area contributed by atoms with Gasteiger partial charge in [-0.15, -0.1) is 0 Å². The lowest BCUT2D eigenvalue weighted by Gasteiger charge is -1.94. The minimum Gasteiger partial charge on any atom is -0.461 e. The zero-order chi connectivity index (χ0) is 16.1. The SMILES string of the molecule is CCOC(=O)c1cc(C=CC(=O)c2coc(C(C)C)n2)on1. The number of oxazole rings is 1.